The van der Waals surface area contributed by atoms with E-state index in [-0.39, 0.29) is 5.91 Å². The second kappa shape index (κ2) is 4.70. The first kappa shape index (κ1) is 12.2. The van der Waals surface area contributed by atoms with Gasteiger partial charge in [-0.3, -0.25) is 4.79 Å². The molecule has 0 saturated carbocycles. The van der Waals surface area contributed by atoms with E-state index in [2.05, 4.69) is 10.6 Å². The average Bonchev–Trinajstić information content (AvgIpc) is 2.67. The molecule has 1 amide bonds. The van der Waals surface area contributed by atoms with E-state index in [0.29, 0.717) is 18.2 Å². The third-order valence-corrected chi connectivity index (χ3v) is 3.78. The summed E-state index contributed by atoms with van der Waals surface area (Å²) >= 11 is 0. The number of rotatable bonds is 3. The highest BCUT2D eigenvalue weighted by Crippen LogP contribution is 2.27. The average molecular weight is 258 g/mol. The molecule has 4 heteroatoms. The van der Waals surface area contributed by atoms with Crippen molar-refractivity contribution in [3.8, 4) is 0 Å². The van der Waals surface area contributed by atoms with Crippen molar-refractivity contribution in [1.82, 2.24) is 10.6 Å². The smallest absolute Gasteiger partial charge is 0.287 e. The van der Waals surface area contributed by atoms with Crippen molar-refractivity contribution >= 4 is 16.9 Å². The van der Waals surface area contributed by atoms with Gasteiger partial charge in [-0.2, -0.15) is 0 Å². The van der Waals surface area contributed by atoms with E-state index in [1.54, 1.807) is 0 Å². The fraction of sp³-hybridized carbons (Fsp3) is 0.400. The fourth-order valence-electron chi connectivity index (χ4n) is 2.41. The number of amides is 1. The molecule has 2 heterocycles. The van der Waals surface area contributed by atoms with Crippen LogP contribution in [0, 0.1) is 19.8 Å². The molecule has 0 radical (unpaired) electrons. The quantitative estimate of drug-likeness (QED) is 0.885. The highest BCUT2D eigenvalue weighted by Gasteiger charge is 2.21. The minimum Gasteiger partial charge on any atom is -0.450 e. The number of aryl methyl sites for hydroxylation is 2. The zero-order valence-electron chi connectivity index (χ0n) is 11.2. The summed E-state index contributed by atoms with van der Waals surface area (Å²) in [5.74, 6) is 0.881. The van der Waals surface area contributed by atoms with Gasteiger partial charge in [0.1, 0.15) is 5.58 Å². The molecule has 2 N–H and O–H groups in total. The maximum Gasteiger partial charge on any atom is 0.287 e. The minimum absolute atomic E-state index is 0.111. The van der Waals surface area contributed by atoms with Crippen LogP contribution in [0.3, 0.4) is 0 Å². The van der Waals surface area contributed by atoms with E-state index >= 15 is 0 Å². The monoisotopic (exact) mass is 258 g/mol. The topological polar surface area (TPSA) is 54.3 Å². The lowest BCUT2D eigenvalue weighted by atomic mass is 10.0. The summed E-state index contributed by atoms with van der Waals surface area (Å²) in [7, 11) is 0. The van der Waals surface area contributed by atoms with E-state index in [4.69, 9.17) is 4.42 Å². The van der Waals surface area contributed by atoms with E-state index in [1.807, 2.05) is 32.0 Å². The van der Waals surface area contributed by atoms with Crippen molar-refractivity contribution in [2.45, 2.75) is 13.8 Å². The minimum atomic E-state index is -0.111. The number of carbonyl (C=O) groups is 1. The predicted molar refractivity (Wildman–Crippen MR) is 74.4 cm³/mol. The lowest BCUT2D eigenvalue weighted by Crippen LogP contribution is -2.48. The summed E-state index contributed by atoms with van der Waals surface area (Å²) in [4.78, 5) is 12.2. The Bertz CT molecular complexity index is 626. The summed E-state index contributed by atoms with van der Waals surface area (Å²) in [5.41, 5.74) is 2.79. The second-order valence-electron chi connectivity index (χ2n) is 5.24. The van der Waals surface area contributed by atoms with Crippen LogP contribution in [-0.4, -0.2) is 25.5 Å². The predicted octanol–water partition coefficient (Wildman–Crippen LogP) is 2.00. The first-order valence-corrected chi connectivity index (χ1v) is 6.64. The molecule has 3 rings (SSSR count). The van der Waals surface area contributed by atoms with Crippen LogP contribution >= 0.6 is 0 Å². The first-order valence-electron chi connectivity index (χ1n) is 6.64. The number of hydrogen-bond acceptors (Lipinski definition) is 3. The van der Waals surface area contributed by atoms with Gasteiger partial charge in [-0.05, 0) is 19.4 Å². The van der Waals surface area contributed by atoms with Gasteiger partial charge >= 0.3 is 0 Å². The Morgan fingerprint density at radius 3 is 2.84 bits per heavy atom. The van der Waals surface area contributed by atoms with Crippen LogP contribution in [-0.2, 0) is 0 Å². The van der Waals surface area contributed by atoms with Gasteiger partial charge in [0.15, 0.2) is 5.76 Å². The second-order valence-corrected chi connectivity index (χ2v) is 5.24. The van der Waals surface area contributed by atoms with Gasteiger partial charge in [0.05, 0.1) is 0 Å². The van der Waals surface area contributed by atoms with Crippen molar-refractivity contribution in [3.63, 3.8) is 0 Å². The van der Waals surface area contributed by atoms with Gasteiger partial charge in [-0.25, -0.2) is 0 Å². The van der Waals surface area contributed by atoms with E-state index in [1.165, 1.54) is 0 Å². The molecule has 19 heavy (non-hydrogen) atoms. The number of benzene rings is 1. The summed E-state index contributed by atoms with van der Waals surface area (Å²) in [6, 6.07) is 5.97. The van der Waals surface area contributed by atoms with Crippen molar-refractivity contribution in [3.05, 3.63) is 35.1 Å². The van der Waals surface area contributed by atoms with Crippen molar-refractivity contribution in [2.24, 2.45) is 5.92 Å². The molecule has 1 aromatic heterocycles. The number of carbonyl (C=O) groups excluding carboxylic acids is 1. The molecule has 1 fully saturated rings. The molecule has 1 saturated heterocycles. The lowest BCUT2D eigenvalue weighted by molar-refractivity contribution is 0.0915. The Morgan fingerprint density at radius 2 is 2.21 bits per heavy atom. The molecular formula is C15H18N2O2. The summed E-state index contributed by atoms with van der Waals surface area (Å²) in [6.07, 6.45) is 0. The Labute approximate surface area is 112 Å². The number of hydrogen-bond donors (Lipinski definition) is 2. The van der Waals surface area contributed by atoms with Gasteiger partial charge in [0.2, 0.25) is 0 Å². The largest absolute Gasteiger partial charge is 0.450 e. The maximum absolute atomic E-state index is 12.2. The Hall–Kier alpha value is -1.81. The molecule has 1 aromatic carbocycles. The van der Waals surface area contributed by atoms with Gasteiger partial charge < -0.3 is 15.1 Å². The zero-order valence-corrected chi connectivity index (χ0v) is 11.2. The molecule has 100 valence electrons. The van der Waals surface area contributed by atoms with Gasteiger partial charge in [-0.15, -0.1) is 0 Å². The summed E-state index contributed by atoms with van der Waals surface area (Å²) < 4.78 is 5.75. The van der Waals surface area contributed by atoms with Gasteiger partial charge in [0, 0.05) is 36.5 Å². The fourth-order valence-corrected chi connectivity index (χ4v) is 2.41. The number of para-hydroxylation sites is 1. The van der Waals surface area contributed by atoms with Crippen LogP contribution in [0.2, 0.25) is 0 Å². The van der Waals surface area contributed by atoms with E-state index in [0.717, 1.165) is 35.2 Å². The Morgan fingerprint density at radius 1 is 1.42 bits per heavy atom. The number of fused-ring (bicyclic) bond motifs is 1. The zero-order chi connectivity index (χ0) is 13.4. The summed E-state index contributed by atoms with van der Waals surface area (Å²) in [6.45, 7) is 6.61. The molecule has 0 aliphatic carbocycles. The van der Waals surface area contributed by atoms with Gasteiger partial charge in [-0.1, -0.05) is 18.2 Å². The molecule has 0 unspecified atom stereocenters. The number of furan rings is 1. The van der Waals surface area contributed by atoms with Crippen molar-refractivity contribution in [2.75, 3.05) is 19.6 Å². The SMILES string of the molecule is Cc1c(C(=O)NCC2CNC2)oc2c(C)cccc12. The molecule has 0 atom stereocenters. The Balaban J connectivity index is 1.85. The first-order chi connectivity index (χ1) is 9.16. The van der Waals surface area contributed by atoms with Crippen LogP contribution in [0.1, 0.15) is 21.7 Å². The van der Waals surface area contributed by atoms with Gasteiger partial charge in [0.25, 0.3) is 5.91 Å². The normalized spacial score (nSPS) is 15.5. The molecule has 0 bridgehead atoms. The molecule has 1 aliphatic heterocycles. The van der Waals surface area contributed by atoms with Crippen LogP contribution < -0.4 is 10.6 Å². The van der Waals surface area contributed by atoms with Crippen LogP contribution in [0.25, 0.3) is 11.0 Å². The van der Waals surface area contributed by atoms with Crippen molar-refractivity contribution in [1.29, 1.82) is 0 Å². The van der Waals surface area contributed by atoms with Crippen molar-refractivity contribution < 1.29 is 9.21 Å². The van der Waals surface area contributed by atoms with Crippen LogP contribution in [0.15, 0.2) is 22.6 Å². The standard InChI is InChI=1S/C15H18N2O2/c1-9-4-3-5-12-10(2)14(19-13(9)12)15(18)17-8-11-6-16-7-11/h3-5,11,16H,6-8H2,1-2H3,(H,17,18). The third kappa shape index (κ3) is 2.12. The summed E-state index contributed by atoms with van der Waals surface area (Å²) in [5, 5.41) is 7.16. The number of nitrogens with one attached hydrogen (secondary N) is 2. The van der Waals surface area contributed by atoms with E-state index < -0.39 is 0 Å². The maximum atomic E-state index is 12.2. The lowest BCUT2D eigenvalue weighted by Gasteiger charge is -2.26. The molecule has 0 spiro atoms. The third-order valence-electron chi connectivity index (χ3n) is 3.78. The Kier molecular flexibility index (Phi) is 3.03. The van der Waals surface area contributed by atoms with Crippen LogP contribution in [0.4, 0.5) is 0 Å². The molecule has 2 aromatic rings. The van der Waals surface area contributed by atoms with E-state index in [9.17, 15) is 4.79 Å². The highest BCUT2D eigenvalue weighted by atomic mass is 16.3. The highest BCUT2D eigenvalue weighted by molar-refractivity contribution is 5.99. The van der Waals surface area contributed by atoms with Crippen LogP contribution in [0.5, 0.6) is 0 Å². The molecule has 1 aliphatic rings. The molecule has 4 nitrogen and oxygen atoms in total. The molecular weight excluding hydrogens is 240 g/mol.